The number of nitriles is 1. The zero-order valence-corrected chi connectivity index (χ0v) is 6.32. The minimum absolute atomic E-state index is 0.101. The van der Waals surface area contributed by atoms with Gasteiger partial charge in [0.2, 0.25) is 5.82 Å². The van der Waals surface area contributed by atoms with Crippen molar-refractivity contribution in [3.63, 3.8) is 0 Å². The highest BCUT2D eigenvalue weighted by atomic mass is 19.1. The lowest BCUT2D eigenvalue weighted by molar-refractivity contribution is -0.387. The molecule has 1 aromatic carbocycles. The average Bonchev–Trinajstić information content (AvgIpc) is 2.07. The van der Waals surface area contributed by atoms with Gasteiger partial charge in [0.25, 0.3) is 0 Å². The van der Waals surface area contributed by atoms with Gasteiger partial charge in [-0.05, 0) is 0 Å². The van der Waals surface area contributed by atoms with Crippen molar-refractivity contribution in [3.05, 3.63) is 33.6 Å². The van der Waals surface area contributed by atoms with E-state index in [1.165, 1.54) is 0 Å². The number of rotatable bonds is 1. The molecule has 0 fully saturated rings. The fourth-order valence-corrected chi connectivity index (χ4v) is 0.815. The van der Waals surface area contributed by atoms with E-state index in [1.54, 1.807) is 6.07 Å². The van der Waals surface area contributed by atoms with Crippen LogP contribution in [-0.2, 0) is 0 Å². The van der Waals surface area contributed by atoms with E-state index >= 15 is 0 Å². The maximum atomic E-state index is 12.8. The van der Waals surface area contributed by atoms with Crippen LogP contribution in [0.4, 0.5) is 15.8 Å². The summed E-state index contributed by atoms with van der Waals surface area (Å²) in [5.74, 6) is -1.06. The number of halogens is 1. The third-order valence-corrected chi connectivity index (χ3v) is 1.44. The number of anilines is 1. The smallest absolute Gasteiger partial charge is 0.306 e. The maximum absolute atomic E-state index is 12.8. The van der Waals surface area contributed by atoms with E-state index in [1.807, 2.05) is 0 Å². The summed E-state index contributed by atoms with van der Waals surface area (Å²) in [6.07, 6.45) is 0. The summed E-state index contributed by atoms with van der Waals surface area (Å²) >= 11 is 0. The van der Waals surface area contributed by atoms with E-state index in [0.29, 0.717) is 0 Å². The van der Waals surface area contributed by atoms with E-state index in [2.05, 4.69) is 0 Å². The summed E-state index contributed by atoms with van der Waals surface area (Å²) < 4.78 is 12.8. The van der Waals surface area contributed by atoms with E-state index in [9.17, 15) is 14.5 Å². The first-order valence-corrected chi connectivity index (χ1v) is 3.19. The topological polar surface area (TPSA) is 92.9 Å². The molecule has 0 saturated carbocycles. The predicted molar refractivity (Wildman–Crippen MR) is 42.2 cm³/mol. The summed E-state index contributed by atoms with van der Waals surface area (Å²) in [7, 11) is 0. The molecular weight excluding hydrogens is 177 g/mol. The average molecular weight is 181 g/mol. The van der Waals surface area contributed by atoms with Crippen molar-refractivity contribution in [1.29, 1.82) is 5.26 Å². The van der Waals surface area contributed by atoms with Crippen LogP contribution in [0.25, 0.3) is 0 Å². The SMILES string of the molecule is N#Cc1cc(F)c([N+](=O)[O-])cc1N. The Morgan fingerprint density at radius 3 is 2.69 bits per heavy atom. The number of nitrogens with zero attached hydrogens (tertiary/aromatic N) is 2. The van der Waals surface area contributed by atoms with Crippen LogP contribution in [0.2, 0.25) is 0 Å². The zero-order valence-electron chi connectivity index (χ0n) is 6.32. The molecule has 0 aromatic heterocycles. The molecular formula is C7H4FN3O2. The van der Waals surface area contributed by atoms with Crippen LogP contribution in [0.15, 0.2) is 12.1 Å². The van der Waals surface area contributed by atoms with E-state index in [4.69, 9.17) is 11.0 Å². The molecule has 13 heavy (non-hydrogen) atoms. The first-order chi connectivity index (χ1) is 6.06. The molecule has 0 radical (unpaired) electrons. The lowest BCUT2D eigenvalue weighted by atomic mass is 10.2. The van der Waals surface area contributed by atoms with Gasteiger partial charge in [0.05, 0.1) is 16.2 Å². The van der Waals surface area contributed by atoms with Crippen LogP contribution < -0.4 is 5.73 Å². The molecule has 0 aliphatic rings. The van der Waals surface area contributed by atoms with Crippen LogP contribution >= 0.6 is 0 Å². The van der Waals surface area contributed by atoms with Gasteiger partial charge in [-0.1, -0.05) is 0 Å². The molecule has 0 unspecified atom stereocenters. The molecule has 2 N–H and O–H groups in total. The van der Waals surface area contributed by atoms with Crippen LogP contribution in [0.3, 0.4) is 0 Å². The van der Waals surface area contributed by atoms with Crippen molar-refractivity contribution in [2.45, 2.75) is 0 Å². The Balaban J connectivity index is 3.39. The van der Waals surface area contributed by atoms with E-state index in [0.717, 1.165) is 12.1 Å². The first kappa shape index (κ1) is 8.93. The Bertz CT molecular complexity index is 411. The van der Waals surface area contributed by atoms with Crippen molar-refractivity contribution >= 4 is 11.4 Å². The Morgan fingerprint density at radius 1 is 1.62 bits per heavy atom. The molecule has 1 aromatic rings. The van der Waals surface area contributed by atoms with Gasteiger partial charge >= 0.3 is 5.69 Å². The van der Waals surface area contributed by atoms with E-state index in [-0.39, 0.29) is 11.3 Å². The largest absolute Gasteiger partial charge is 0.397 e. The van der Waals surface area contributed by atoms with Gasteiger partial charge in [0.15, 0.2) is 0 Å². The van der Waals surface area contributed by atoms with Crippen molar-refractivity contribution in [1.82, 2.24) is 0 Å². The molecule has 0 aliphatic heterocycles. The molecule has 0 bridgehead atoms. The predicted octanol–water partition coefficient (Wildman–Crippen LogP) is 1.19. The third kappa shape index (κ3) is 1.54. The van der Waals surface area contributed by atoms with Gasteiger partial charge in [0.1, 0.15) is 6.07 Å². The van der Waals surface area contributed by atoms with Crippen LogP contribution in [0, 0.1) is 27.3 Å². The normalized spacial score (nSPS) is 9.23. The molecule has 0 spiro atoms. The molecule has 6 heteroatoms. The van der Waals surface area contributed by atoms with Gasteiger partial charge in [-0.15, -0.1) is 0 Å². The van der Waals surface area contributed by atoms with Gasteiger partial charge in [0, 0.05) is 12.1 Å². The van der Waals surface area contributed by atoms with Crippen molar-refractivity contribution in [2.75, 3.05) is 5.73 Å². The lowest BCUT2D eigenvalue weighted by Crippen LogP contribution is -1.97. The molecule has 0 aliphatic carbocycles. The zero-order chi connectivity index (χ0) is 10.0. The van der Waals surface area contributed by atoms with Gasteiger partial charge in [-0.25, -0.2) is 0 Å². The molecule has 0 saturated heterocycles. The second-order valence-corrected chi connectivity index (χ2v) is 2.26. The van der Waals surface area contributed by atoms with Crippen LogP contribution in [0.1, 0.15) is 5.56 Å². The first-order valence-electron chi connectivity index (χ1n) is 3.19. The second kappa shape index (κ2) is 3.06. The Labute approximate surface area is 72.3 Å². The fraction of sp³-hybridized carbons (Fsp3) is 0. The number of nitro benzene ring substituents is 1. The highest BCUT2D eigenvalue weighted by Gasteiger charge is 2.16. The van der Waals surface area contributed by atoms with Crippen LogP contribution in [-0.4, -0.2) is 4.92 Å². The molecule has 66 valence electrons. The van der Waals surface area contributed by atoms with Gasteiger partial charge < -0.3 is 5.73 Å². The summed E-state index contributed by atoms with van der Waals surface area (Å²) in [6, 6.07) is 3.19. The van der Waals surface area contributed by atoms with Crippen LogP contribution in [0.5, 0.6) is 0 Å². The van der Waals surface area contributed by atoms with Gasteiger partial charge in [-0.3, -0.25) is 10.1 Å². The highest BCUT2D eigenvalue weighted by Crippen LogP contribution is 2.23. The number of nitro groups is 1. The summed E-state index contributed by atoms with van der Waals surface area (Å²) in [5.41, 5.74) is 4.31. The van der Waals surface area contributed by atoms with Crippen molar-refractivity contribution in [2.24, 2.45) is 0 Å². The van der Waals surface area contributed by atoms with E-state index < -0.39 is 16.4 Å². The minimum Gasteiger partial charge on any atom is -0.397 e. The summed E-state index contributed by atoms with van der Waals surface area (Å²) in [4.78, 5) is 9.30. The Morgan fingerprint density at radius 2 is 2.23 bits per heavy atom. The van der Waals surface area contributed by atoms with Gasteiger partial charge in [-0.2, -0.15) is 9.65 Å². The Kier molecular flexibility index (Phi) is 2.11. The standard InChI is InChI=1S/C7H4FN3O2/c8-5-1-4(3-9)6(10)2-7(5)11(12)13/h1-2H,10H2. The molecule has 0 amide bonds. The molecule has 0 atom stereocenters. The maximum Gasteiger partial charge on any atom is 0.306 e. The summed E-state index contributed by atoms with van der Waals surface area (Å²) in [6.45, 7) is 0. The number of benzene rings is 1. The fourth-order valence-electron chi connectivity index (χ4n) is 0.815. The van der Waals surface area contributed by atoms with Crippen molar-refractivity contribution in [3.8, 4) is 6.07 Å². The number of hydrogen-bond acceptors (Lipinski definition) is 4. The molecule has 5 nitrogen and oxygen atoms in total. The lowest BCUT2D eigenvalue weighted by Gasteiger charge is -1.97. The highest BCUT2D eigenvalue weighted by molar-refractivity contribution is 5.59. The number of nitrogen functional groups attached to an aromatic ring is 1. The Hall–Kier alpha value is -2.16. The minimum atomic E-state index is -1.06. The monoisotopic (exact) mass is 181 g/mol. The quantitative estimate of drug-likeness (QED) is 0.400. The second-order valence-electron chi connectivity index (χ2n) is 2.26. The number of hydrogen-bond donors (Lipinski definition) is 1. The number of nitrogens with two attached hydrogens (primary N) is 1. The van der Waals surface area contributed by atoms with Crippen molar-refractivity contribution < 1.29 is 9.31 Å². The molecule has 1 rings (SSSR count). The third-order valence-electron chi connectivity index (χ3n) is 1.44. The molecule has 0 heterocycles. The summed E-state index contributed by atoms with van der Waals surface area (Å²) in [5, 5.41) is 18.6.